The Morgan fingerprint density at radius 3 is 2.53 bits per heavy atom. The van der Waals surface area contributed by atoms with Crippen molar-refractivity contribution >= 4 is 15.9 Å². The summed E-state index contributed by atoms with van der Waals surface area (Å²) in [6.07, 6.45) is 0.875. The average Bonchev–Trinajstić information content (AvgIpc) is 2.77. The second-order valence-corrected chi connectivity index (χ2v) is 9.61. The maximum atomic E-state index is 13.1. The Kier molecular flexibility index (Phi) is 7.32. The fraction of sp³-hybridized carbons (Fsp3) is 0.632. The highest BCUT2D eigenvalue weighted by Crippen LogP contribution is 2.31. The fourth-order valence-electron chi connectivity index (χ4n) is 3.82. The molecule has 10 nitrogen and oxygen atoms in total. The standard InChI is InChI=1S/C19H28N2O8S/c1-27-15-4-2-14(3-5-15)12-29-16-6-9-21(10-7-16)30(25,26)17-8-11-28-13-19(17,23)18(22)20-24/h2-5,16-17,23-24H,6-13H2,1H3,(H,20,22). The van der Waals surface area contributed by atoms with Gasteiger partial charge in [0.05, 0.1) is 26.4 Å². The number of benzene rings is 1. The number of hydrogen-bond donors (Lipinski definition) is 3. The Balaban J connectivity index is 1.58. The van der Waals surface area contributed by atoms with Gasteiger partial charge in [-0.25, -0.2) is 18.2 Å². The van der Waals surface area contributed by atoms with Gasteiger partial charge in [0.2, 0.25) is 10.0 Å². The van der Waals surface area contributed by atoms with Crippen molar-refractivity contribution in [3.05, 3.63) is 29.8 Å². The van der Waals surface area contributed by atoms with Gasteiger partial charge in [0.1, 0.15) is 11.0 Å². The van der Waals surface area contributed by atoms with E-state index in [1.165, 1.54) is 9.79 Å². The molecule has 2 atom stereocenters. The number of nitrogens with one attached hydrogen (secondary N) is 1. The average molecular weight is 445 g/mol. The Bertz CT molecular complexity index is 823. The molecule has 2 unspecified atom stereocenters. The molecule has 11 heteroatoms. The molecular weight excluding hydrogens is 416 g/mol. The van der Waals surface area contributed by atoms with Gasteiger partial charge in [-0.2, -0.15) is 0 Å². The number of aliphatic hydroxyl groups is 1. The van der Waals surface area contributed by atoms with Gasteiger partial charge >= 0.3 is 0 Å². The molecular formula is C19H28N2O8S. The van der Waals surface area contributed by atoms with E-state index in [0.29, 0.717) is 19.4 Å². The third kappa shape index (κ3) is 4.76. The minimum absolute atomic E-state index is 0.0415. The molecule has 2 saturated heterocycles. The van der Waals surface area contributed by atoms with E-state index in [4.69, 9.17) is 19.4 Å². The zero-order chi connectivity index (χ0) is 21.8. The molecule has 2 aliphatic heterocycles. The molecule has 1 aromatic carbocycles. The van der Waals surface area contributed by atoms with Crippen LogP contribution in [0.15, 0.2) is 24.3 Å². The van der Waals surface area contributed by atoms with Gasteiger partial charge in [0.15, 0.2) is 5.60 Å². The number of carbonyl (C=O) groups is 1. The predicted molar refractivity (Wildman–Crippen MR) is 105 cm³/mol. The number of sulfonamides is 1. The van der Waals surface area contributed by atoms with Crippen molar-refractivity contribution < 1.29 is 37.7 Å². The Morgan fingerprint density at radius 2 is 1.93 bits per heavy atom. The molecule has 30 heavy (non-hydrogen) atoms. The van der Waals surface area contributed by atoms with Gasteiger partial charge < -0.3 is 19.3 Å². The van der Waals surface area contributed by atoms with Crippen molar-refractivity contribution in [3.63, 3.8) is 0 Å². The van der Waals surface area contributed by atoms with Crippen LogP contribution in [-0.4, -0.2) is 79.3 Å². The summed E-state index contributed by atoms with van der Waals surface area (Å²) in [5, 5.41) is 18.2. The number of hydrogen-bond acceptors (Lipinski definition) is 8. The Morgan fingerprint density at radius 1 is 1.27 bits per heavy atom. The van der Waals surface area contributed by atoms with Crippen molar-refractivity contribution in [1.29, 1.82) is 0 Å². The van der Waals surface area contributed by atoms with Gasteiger partial charge in [-0.15, -0.1) is 0 Å². The van der Waals surface area contributed by atoms with Crippen molar-refractivity contribution in [2.75, 3.05) is 33.4 Å². The number of hydroxylamine groups is 1. The van der Waals surface area contributed by atoms with E-state index in [1.54, 1.807) is 7.11 Å². The van der Waals surface area contributed by atoms with E-state index in [0.717, 1.165) is 11.3 Å². The number of piperidine rings is 1. The molecule has 0 radical (unpaired) electrons. The molecule has 2 aliphatic rings. The van der Waals surface area contributed by atoms with Crippen molar-refractivity contribution in [2.24, 2.45) is 0 Å². The SMILES string of the molecule is COc1ccc(COC2CCN(S(=O)(=O)C3CCOCC3(O)C(=O)NO)CC2)cc1. The summed E-state index contributed by atoms with van der Waals surface area (Å²) in [7, 11) is -2.38. The van der Waals surface area contributed by atoms with E-state index < -0.39 is 33.4 Å². The summed E-state index contributed by atoms with van der Waals surface area (Å²) in [4.78, 5) is 11.9. The van der Waals surface area contributed by atoms with Gasteiger partial charge in [-0.05, 0) is 37.0 Å². The molecule has 0 aliphatic carbocycles. The molecule has 0 aromatic heterocycles. The van der Waals surface area contributed by atoms with Gasteiger partial charge in [-0.3, -0.25) is 10.0 Å². The zero-order valence-electron chi connectivity index (χ0n) is 16.8. The predicted octanol–water partition coefficient (Wildman–Crippen LogP) is 0.0314. The first-order valence-corrected chi connectivity index (χ1v) is 11.3. The number of amides is 1. The second-order valence-electron chi connectivity index (χ2n) is 7.50. The minimum Gasteiger partial charge on any atom is -0.497 e. The van der Waals surface area contributed by atoms with E-state index >= 15 is 0 Å². The third-order valence-corrected chi connectivity index (χ3v) is 8.07. The van der Waals surface area contributed by atoms with Crippen LogP contribution in [0.25, 0.3) is 0 Å². The van der Waals surface area contributed by atoms with Crippen molar-refractivity contribution in [1.82, 2.24) is 9.79 Å². The molecule has 3 N–H and O–H groups in total. The molecule has 1 amide bonds. The number of carbonyl (C=O) groups excluding carboxylic acids is 1. The number of nitrogens with zero attached hydrogens (tertiary/aromatic N) is 1. The lowest BCUT2D eigenvalue weighted by atomic mass is 9.95. The number of ether oxygens (including phenoxy) is 3. The van der Waals surface area contributed by atoms with E-state index in [2.05, 4.69) is 0 Å². The van der Waals surface area contributed by atoms with Crippen LogP contribution < -0.4 is 10.2 Å². The maximum Gasteiger partial charge on any atom is 0.279 e. The topological polar surface area (TPSA) is 135 Å². The first kappa shape index (κ1) is 22.9. The molecule has 1 aromatic rings. The Hall–Kier alpha value is -1.76. The highest BCUT2D eigenvalue weighted by atomic mass is 32.2. The lowest BCUT2D eigenvalue weighted by Gasteiger charge is -2.41. The summed E-state index contributed by atoms with van der Waals surface area (Å²) in [6, 6.07) is 7.53. The van der Waals surface area contributed by atoms with E-state index in [1.807, 2.05) is 24.3 Å². The molecule has 2 heterocycles. The summed E-state index contributed by atoms with van der Waals surface area (Å²) < 4.78 is 43.7. The summed E-state index contributed by atoms with van der Waals surface area (Å²) >= 11 is 0. The van der Waals surface area contributed by atoms with Crippen molar-refractivity contribution in [3.8, 4) is 5.75 Å². The fourth-order valence-corrected chi connectivity index (χ4v) is 5.96. The van der Waals surface area contributed by atoms with Crippen LogP contribution >= 0.6 is 0 Å². The van der Waals surface area contributed by atoms with Crippen molar-refractivity contribution in [2.45, 2.75) is 42.8 Å². The summed E-state index contributed by atoms with van der Waals surface area (Å²) in [5.74, 6) is -0.422. The number of rotatable bonds is 7. The second kappa shape index (κ2) is 9.58. The molecule has 0 saturated carbocycles. The van der Waals surface area contributed by atoms with Crippen LogP contribution in [-0.2, 0) is 30.9 Å². The molecule has 168 valence electrons. The maximum absolute atomic E-state index is 13.1. The summed E-state index contributed by atoms with van der Waals surface area (Å²) in [6.45, 7) is 0.475. The zero-order valence-corrected chi connectivity index (χ0v) is 17.6. The Labute approximate surface area is 175 Å². The first-order valence-electron chi connectivity index (χ1n) is 9.79. The quantitative estimate of drug-likeness (QED) is 0.396. The van der Waals surface area contributed by atoms with Gasteiger partial charge in [-0.1, -0.05) is 12.1 Å². The van der Waals surface area contributed by atoms with Crippen LogP contribution in [0.5, 0.6) is 5.75 Å². The third-order valence-electron chi connectivity index (χ3n) is 5.64. The van der Waals surface area contributed by atoms with Crippen LogP contribution in [0, 0.1) is 0 Å². The van der Waals surface area contributed by atoms with Crippen LogP contribution in [0.3, 0.4) is 0 Å². The number of methoxy groups -OCH3 is 1. The molecule has 0 spiro atoms. The lowest BCUT2D eigenvalue weighted by molar-refractivity contribution is -0.161. The van der Waals surface area contributed by atoms with Crippen LogP contribution in [0.2, 0.25) is 0 Å². The largest absolute Gasteiger partial charge is 0.497 e. The normalized spacial score (nSPS) is 26.3. The smallest absolute Gasteiger partial charge is 0.279 e. The molecule has 0 bridgehead atoms. The van der Waals surface area contributed by atoms with Crippen LogP contribution in [0.1, 0.15) is 24.8 Å². The van der Waals surface area contributed by atoms with E-state index in [9.17, 15) is 18.3 Å². The van der Waals surface area contributed by atoms with Crippen LogP contribution in [0.4, 0.5) is 0 Å². The first-order chi connectivity index (χ1) is 14.3. The highest BCUT2D eigenvalue weighted by Gasteiger charge is 2.54. The highest BCUT2D eigenvalue weighted by molar-refractivity contribution is 7.89. The minimum atomic E-state index is -3.98. The monoisotopic (exact) mass is 444 g/mol. The molecule has 2 fully saturated rings. The lowest BCUT2D eigenvalue weighted by Crippen LogP contribution is -2.64. The molecule has 3 rings (SSSR count). The summed E-state index contributed by atoms with van der Waals surface area (Å²) in [5.41, 5.74) is 0.000868. The van der Waals surface area contributed by atoms with E-state index in [-0.39, 0.29) is 32.2 Å². The van der Waals surface area contributed by atoms with Gasteiger partial charge in [0.25, 0.3) is 5.91 Å². The van der Waals surface area contributed by atoms with Gasteiger partial charge in [0, 0.05) is 19.7 Å².